The fourth-order valence-electron chi connectivity index (χ4n) is 2.94. The first-order valence-corrected chi connectivity index (χ1v) is 10.6. The summed E-state index contributed by atoms with van der Waals surface area (Å²) in [7, 11) is -2.17. The largest absolute Gasteiger partial charge is 0.497 e. The summed E-state index contributed by atoms with van der Waals surface area (Å²) in [5.74, 6) is 0.177. The third-order valence-corrected chi connectivity index (χ3v) is 5.48. The number of rotatable bonds is 8. The molecule has 1 amide bonds. The predicted molar refractivity (Wildman–Crippen MR) is 107 cm³/mol. The number of hydrogen-bond donors (Lipinski definition) is 1. The number of methoxy groups -OCH3 is 1. The Hall–Kier alpha value is -2.54. The van der Waals surface area contributed by atoms with E-state index in [0.29, 0.717) is 17.9 Å². The fourth-order valence-corrected chi connectivity index (χ4v) is 4.15. The van der Waals surface area contributed by atoms with Crippen LogP contribution in [-0.4, -0.2) is 33.7 Å². The molecule has 0 radical (unpaired) electrons. The van der Waals surface area contributed by atoms with E-state index >= 15 is 0 Å². The quantitative estimate of drug-likeness (QED) is 0.751. The summed E-state index contributed by atoms with van der Waals surface area (Å²) in [4.78, 5) is 12.9. The van der Waals surface area contributed by atoms with Crippen molar-refractivity contribution in [2.75, 3.05) is 17.7 Å². The van der Waals surface area contributed by atoms with E-state index in [9.17, 15) is 13.2 Å². The maximum absolute atomic E-state index is 12.9. The molecule has 0 aliphatic carbocycles. The van der Waals surface area contributed by atoms with Crippen molar-refractivity contribution >= 4 is 21.6 Å². The monoisotopic (exact) mass is 390 g/mol. The standard InChI is InChI=1S/C20H26N2O4S/c1-5-19(20(23)21-15(2)16-10-7-6-8-11-16)22(27(4,24)25)17-12-9-13-18(14-17)26-3/h6-15,19H,5H2,1-4H3,(H,21,23). The Bertz CT molecular complexity index is 869. The predicted octanol–water partition coefficient (Wildman–Crippen LogP) is 3.12. The van der Waals surface area contributed by atoms with Gasteiger partial charge in [0, 0.05) is 6.07 Å². The third kappa shape index (κ3) is 5.23. The summed E-state index contributed by atoms with van der Waals surface area (Å²) in [6.07, 6.45) is 1.43. The lowest BCUT2D eigenvalue weighted by Gasteiger charge is -2.31. The average molecular weight is 391 g/mol. The Kier molecular flexibility index (Phi) is 6.85. The van der Waals surface area contributed by atoms with Gasteiger partial charge in [0.15, 0.2) is 0 Å². The molecule has 0 saturated carbocycles. The van der Waals surface area contributed by atoms with E-state index in [2.05, 4.69) is 5.32 Å². The molecule has 0 spiro atoms. The number of amides is 1. The lowest BCUT2D eigenvalue weighted by Crippen LogP contribution is -2.49. The zero-order chi connectivity index (χ0) is 20.0. The number of ether oxygens (including phenoxy) is 1. The van der Waals surface area contributed by atoms with Crippen molar-refractivity contribution in [1.29, 1.82) is 0 Å². The van der Waals surface area contributed by atoms with Crippen LogP contribution in [0.1, 0.15) is 31.9 Å². The second-order valence-electron chi connectivity index (χ2n) is 6.33. The minimum atomic E-state index is -3.68. The molecule has 6 nitrogen and oxygen atoms in total. The van der Waals surface area contributed by atoms with E-state index in [4.69, 9.17) is 4.74 Å². The Labute approximate surface area is 161 Å². The van der Waals surface area contributed by atoms with E-state index in [1.807, 2.05) is 37.3 Å². The third-order valence-electron chi connectivity index (χ3n) is 4.30. The van der Waals surface area contributed by atoms with E-state index in [0.717, 1.165) is 16.1 Å². The fraction of sp³-hybridized carbons (Fsp3) is 0.350. The highest BCUT2D eigenvalue weighted by Gasteiger charge is 2.32. The van der Waals surface area contributed by atoms with Crippen molar-refractivity contribution in [3.63, 3.8) is 0 Å². The maximum Gasteiger partial charge on any atom is 0.244 e. The van der Waals surface area contributed by atoms with Crippen LogP contribution in [0.15, 0.2) is 54.6 Å². The minimum Gasteiger partial charge on any atom is -0.497 e. The molecular weight excluding hydrogens is 364 g/mol. The molecule has 2 aromatic carbocycles. The first-order chi connectivity index (χ1) is 12.8. The van der Waals surface area contributed by atoms with Gasteiger partial charge in [0.2, 0.25) is 15.9 Å². The second-order valence-corrected chi connectivity index (χ2v) is 8.18. The lowest BCUT2D eigenvalue weighted by atomic mass is 10.1. The van der Waals surface area contributed by atoms with Crippen molar-refractivity contribution in [1.82, 2.24) is 5.32 Å². The molecule has 27 heavy (non-hydrogen) atoms. The van der Waals surface area contributed by atoms with Crippen LogP contribution in [0.3, 0.4) is 0 Å². The number of anilines is 1. The van der Waals surface area contributed by atoms with Crippen LogP contribution in [0, 0.1) is 0 Å². The normalized spacial score (nSPS) is 13.5. The summed E-state index contributed by atoms with van der Waals surface area (Å²) in [6.45, 7) is 3.66. The van der Waals surface area contributed by atoms with Gasteiger partial charge in [0.05, 0.1) is 25.1 Å². The van der Waals surface area contributed by atoms with Gasteiger partial charge in [-0.25, -0.2) is 8.42 Å². The first kappa shape index (κ1) is 20.8. The molecular formula is C20H26N2O4S. The van der Waals surface area contributed by atoms with E-state index in [-0.39, 0.29) is 11.9 Å². The Morgan fingerprint density at radius 2 is 1.81 bits per heavy atom. The molecule has 2 aromatic rings. The lowest BCUT2D eigenvalue weighted by molar-refractivity contribution is -0.122. The van der Waals surface area contributed by atoms with Gasteiger partial charge in [0.1, 0.15) is 11.8 Å². The molecule has 1 N–H and O–H groups in total. The van der Waals surface area contributed by atoms with E-state index in [1.165, 1.54) is 7.11 Å². The number of sulfonamides is 1. The van der Waals surface area contributed by atoms with Crippen molar-refractivity contribution in [3.8, 4) is 5.75 Å². The summed E-state index contributed by atoms with van der Waals surface area (Å²) < 4.78 is 31.3. The van der Waals surface area contributed by atoms with Gasteiger partial charge in [-0.2, -0.15) is 0 Å². The molecule has 0 aromatic heterocycles. The van der Waals surface area contributed by atoms with Gasteiger partial charge in [-0.3, -0.25) is 9.10 Å². The summed E-state index contributed by atoms with van der Waals surface area (Å²) in [5, 5.41) is 2.92. The molecule has 0 aliphatic heterocycles. The molecule has 7 heteroatoms. The molecule has 2 unspecified atom stereocenters. The van der Waals surface area contributed by atoms with Crippen LogP contribution in [0.5, 0.6) is 5.75 Å². The average Bonchev–Trinajstić information content (AvgIpc) is 2.65. The van der Waals surface area contributed by atoms with Crippen molar-refractivity contribution in [2.45, 2.75) is 32.4 Å². The van der Waals surface area contributed by atoms with Crippen molar-refractivity contribution < 1.29 is 17.9 Å². The number of nitrogens with one attached hydrogen (secondary N) is 1. The summed E-state index contributed by atoms with van der Waals surface area (Å²) >= 11 is 0. The van der Waals surface area contributed by atoms with Gasteiger partial charge in [-0.1, -0.05) is 43.3 Å². The zero-order valence-corrected chi connectivity index (χ0v) is 16.9. The number of nitrogens with zero attached hydrogens (tertiary/aromatic N) is 1. The highest BCUT2D eigenvalue weighted by atomic mass is 32.2. The molecule has 0 saturated heterocycles. The molecule has 0 fully saturated rings. The second kappa shape index (κ2) is 8.90. The van der Waals surface area contributed by atoms with Crippen LogP contribution in [0.2, 0.25) is 0 Å². The number of hydrogen-bond acceptors (Lipinski definition) is 4. The highest BCUT2D eigenvalue weighted by Crippen LogP contribution is 2.26. The molecule has 146 valence electrons. The van der Waals surface area contributed by atoms with Gasteiger partial charge >= 0.3 is 0 Å². The maximum atomic E-state index is 12.9. The van der Waals surface area contributed by atoms with Gasteiger partial charge in [-0.15, -0.1) is 0 Å². The van der Waals surface area contributed by atoms with Gasteiger partial charge in [0.25, 0.3) is 0 Å². The molecule has 2 atom stereocenters. The number of carbonyl (C=O) groups is 1. The first-order valence-electron chi connectivity index (χ1n) is 8.76. The van der Waals surface area contributed by atoms with Gasteiger partial charge in [-0.05, 0) is 31.0 Å². The Morgan fingerprint density at radius 3 is 2.37 bits per heavy atom. The van der Waals surface area contributed by atoms with Crippen LogP contribution in [0.4, 0.5) is 5.69 Å². The zero-order valence-electron chi connectivity index (χ0n) is 16.0. The Morgan fingerprint density at radius 1 is 1.15 bits per heavy atom. The van der Waals surface area contributed by atoms with Crippen LogP contribution < -0.4 is 14.4 Å². The topological polar surface area (TPSA) is 75.7 Å². The Balaban J connectivity index is 2.33. The highest BCUT2D eigenvalue weighted by molar-refractivity contribution is 7.92. The molecule has 2 rings (SSSR count). The number of benzene rings is 2. The van der Waals surface area contributed by atoms with Crippen LogP contribution >= 0.6 is 0 Å². The smallest absolute Gasteiger partial charge is 0.244 e. The van der Waals surface area contributed by atoms with E-state index < -0.39 is 16.1 Å². The molecule has 0 aliphatic rings. The van der Waals surface area contributed by atoms with Crippen molar-refractivity contribution in [3.05, 3.63) is 60.2 Å². The minimum absolute atomic E-state index is 0.237. The summed E-state index contributed by atoms with van der Waals surface area (Å²) in [5.41, 5.74) is 1.35. The molecule has 0 bridgehead atoms. The molecule has 0 heterocycles. The van der Waals surface area contributed by atoms with Crippen molar-refractivity contribution in [2.24, 2.45) is 0 Å². The van der Waals surface area contributed by atoms with Crippen LogP contribution in [0.25, 0.3) is 0 Å². The van der Waals surface area contributed by atoms with E-state index in [1.54, 1.807) is 31.2 Å². The van der Waals surface area contributed by atoms with Crippen LogP contribution in [-0.2, 0) is 14.8 Å². The summed E-state index contributed by atoms with van der Waals surface area (Å²) in [6, 6.07) is 15.1. The van der Waals surface area contributed by atoms with Gasteiger partial charge < -0.3 is 10.1 Å². The number of carbonyl (C=O) groups excluding carboxylic acids is 1. The SMILES string of the molecule is CCC(C(=O)NC(C)c1ccccc1)N(c1cccc(OC)c1)S(C)(=O)=O.